The van der Waals surface area contributed by atoms with E-state index in [-0.39, 0.29) is 11.9 Å². The summed E-state index contributed by atoms with van der Waals surface area (Å²) in [7, 11) is 4.95. The number of nitrogens with zero attached hydrogens (tertiary/aromatic N) is 1. The maximum atomic E-state index is 13.4. The minimum atomic E-state index is -0.155. The number of carbonyl (C=O) groups excluding carboxylic acids is 1. The Morgan fingerprint density at radius 2 is 1.66 bits per heavy atom. The molecule has 0 radical (unpaired) electrons. The Bertz CT molecular complexity index is 1080. The highest BCUT2D eigenvalue weighted by molar-refractivity contribution is 5.78. The minimum absolute atomic E-state index is 0.141. The smallest absolute Gasteiger partial charge is 0.223 e. The third kappa shape index (κ3) is 4.42. The fourth-order valence-electron chi connectivity index (χ4n) is 4.43. The summed E-state index contributed by atoms with van der Waals surface area (Å²) in [5, 5.41) is 0. The van der Waals surface area contributed by atoms with Gasteiger partial charge in [0.25, 0.3) is 0 Å². The molecule has 1 atom stereocenters. The van der Waals surface area contributed by atoms with E-state index < -0.39 is 0 Å². The molecule has 1 aliphatic rings. The van der Waals surface area contributed by atoms with Gasteiger partial charge in [0.2, 0.25) is 5.91 Å². The van der Waals surface area contributed by atoms with Gasteiger partial charge in [0.15, 0.2) is 11.5 Å². The van der Waals surface area contributed by atoms with Crippen LogP contribution in [0.25, 0.3) is 0 Å². The zero-order valence-corrected chi connectivity index (χ0v) is 18.8. The van der Waals surface area contributed by atoms with Crippen molar-refractivity contribution in [1.29, 1.82) is 0 Å². The lowest BCUT2D eigenvalue weighted by Gasteiger charge is -2.38. The monoisotopic (exact) mass is 431 g/mol. The van der Waals surface area contributed by atoms with E-state index in [1.807, 2.05) is 59.5 Å². The number of rotatable bonds is 7. The lowest BCUT2D eigenvalue weighted by Crippen LogP contribution is -2.40. The molecule has 1 unspecified atom stereocenters. The summed E-state index contributed by atoms with van der Waals surface area (Å²) in [5.41, 5.74) is 4.47. The summed E-state index contributed by atoms with van der Waals surface area (Å²) in [6, 6.07) is 22.0. The van der Waals surface area contributed by atoms with Crippen LogP contribution >= 0.6 is 0 Å². The highest BCUT2D eigenvalue weighted by Crippen LogP contribution is 2.41. The zero-order chi connectivity index (χ0) is 22.5. The molecule has 1 heterocycles. The first kappa shape index (κ1) is 21.8. The summed E-state index contributed by atoms with van der Waals surface area (Å²) in [5.74, 6) is 2.35. The van der Waals surface area contributed by atoms with Crippen molar-refractivity contribution in [1.82, 2.24) is 4.90 Å². The minimum Gasteiger partial charge on any atom is -0.497 e. The maximum Gasteiger partial charge on any atom is 0.223 e. The van der Waals surface area contributed by atoms with Crippen molar-refractivity contribution >= 4 is 5.91 Å². The molecule has 3 aromatic rings. The summed E-state index contributed by atoms with van der Waals surface area (Å²) >= 11 is 0. The average Bonchev–Trinajstić information content (AvgIpc) is 2.86. The molecule has 1 aliphatic heterocycles. The van der Waals surface area contributed by atoms with Gasteiger partial charge < -0.3 is 19.1 Å². The molecule has 0 saturated carbocycles. The van der Waals surface area contributed by atoms with E-state index in [0.717, 1.165) is 34.6 Å². The molecule has 0 aromatic heterocycles. The number of benzene rings is 3. The first-order chi connectivity index (χ1) is 15.6. The largest absolute Gasteiger partial charge is 0.497 e. The molecule has 4 rings (SSSR count). The molecule has 0 N–H and O–H groups in total. The van der Waals surface area contributed by atoms with Crippen molar-refractivity contribution in [2.75, 3.05) is 27.9 Å². The van der Waals surface area contributed by atoms with Gasteiger partial charge in [0, 0.05) is 13.0 Å². The van der Waals surface area contributed by atoms with E-state index in [1.165, 1.54) is 5.56 Å². The van der Waals surface area contributed by atoms with Gasteiger partial charge in [-0.15, -0.1) is 0 Å². The zero-order valence-electron chi connectivity index (χ0n) is 18.8. The topological polar surface area (TPSA) is 48.0 Å². The number of hydrogen-bond acceptors (Lipinski definition) is 4. The first-order valence-corrected chi connectivity index (χ1v) is 10.9. The van der Waals surface area contributed by atoms with Crippen LogP contribution in [0.2, 0.25) is 0 Å². The van der Waals surface area contributed by atoms with Crippen LogP contribution in [0.3, 0.4) is 0 Å². The van der Waals surface area contributed by atoms with E-state index in [1.54, 1.807) is 21.3 Å². The van der Waals surface area contributed by atoms with Gasteiger partial charge in [-0.2, -0.15) is 0 Å². The second-order valence-electron chi connectivity index (χ2n) is 7.91. The van der Waals surface area contributed by atoms with Gasteiger partial charge in [-0.05, 0) is 59.4 Å². The van der Waals surface area contributed by atoms with Crippen LogP contribution in [-0.2, 0) is 17.6 Å². The molecule has 5 nitrogen and oxygen atoms in total. The Labute approximate surface area is 189 Å². The van der Waals surface area contributed by atoms with Crippen LogP contribution in [0.15, 0.2) is 66.7 Å². The van der Waals surface area contributed by atoms with Crippen LogP contribution in [0.1, 0.15) is 34.7 Å². The third-order valence-corrected chi connectivity index (χ3v) is 6.07. The molecule has 0 spiro atoms. The summed E-state index contributed by atoms with van der Waals surface area (Å²) in [6.45, 7) is 0.666. The van der Waals surface area contributed by atoms with E-state index in [0.29, 0.717) is 25.1 Å². The fraction of sp³-hybridized carbons (Fsp3) is 0.296. The molecular formula is C27H29NO4. The number of amides is 1. The van der Waals surface area contributed by atoms with Crippen molar-refractivity contribution in [2.45, 2.75) is 25.3 Å². The van der Waals surface area contributed by atoms with Crippen molar-refractivity contribution < 1.29 is 19.0 Å². The summed E-state index contributed by atoms with van der Waals surface area (Å²) in [6.07, 6.45) is 1.90. The lowest BCUT2D eigenvalue weighted by atomic mass is 9.87. The molecule has 0 bridgehead atoms. The Hall–Kier alpha value is -3.47. The second-order valence-corrected chi connectivity index (χ2v) is 7.91. The Morgan fingerprint density at radius 3 is 2.38 bits per heavy atom. The second kappa shape index (κ2) is 9.77. The number of carbonyl (C=O) groups is 1. The molecule has 0 saturated heterocycles. The predicted octanol–water partition coefficient (Wildman–Crippen LogP) is 4.82. The molecular weight excluding hydrogens is 402 g/mol. The number of methoxy groups -OCH3 is 3. The van der Waals surface area contributed by atoms with E-state index in [2.05, 4.69) is 12.1 Å². The average molecular weight is 432 g/mol. The number of fused-ring (bicyclic) bond motifs is 1. The molecule has 5 heteroatoms. The predicted molar refractivity (Wildman–Crippen MR) is 125 cm³/mol. The third-order valence-electron chi connectivity index (χ3n) is 6.07. The summed E-state index contributed by atoms with van der Waals surface area (Å²) < 4.78 is 16.4. The van der Waals surface area contributed by atoms with Gasteiger partial charge in [-0.1, -0.05) is 42.5 Å². The standard InChI is InChI=1S/C27H29NO4/c1-30-22-11-7-8-19(16-22)12-13-26(29)28-15-14-21-17-24(31-2)25(32-3)18-23(21)27(28)20-9-5-4-6-10-20/h4-11,16-18,27H,12-15H2,1-3H3. The maximum absolute atomic E-state index is 13.4. The number of aryl methyl sites for hydroxylation is 1. The van der Waals surface area contributed by atoms with Gasteiger partial charge in [-0.25, -0.2) is 0 Å². The van der Waals surface area contributed by atoms with Crippen LogP contribution in [-0.4, -0.2) is 38.7 Å². The highest BCUT2D eigenvalue weighted by Gasteiger charge is 2.33. The van der Waals surface area contributed by atoms with E-state index in [4.69, 9.17) is 14.2 Å². The Balaban J connectivity index is 1.65. The van der Waals surface area contributed by atoms with Crippen molar-refractivity contribution in [3.63, 3.8) is 0 Å². The molecule has 3 aromatic carbocycles. The quantitative estimate of drug-likeness (QED) is 0.538. The van der Waals surface area contributed by atoms with Crippen LogP contribution in [0.4, 0.5) is 0 Å². The molecule has 32 heavy (non-hydrogen) atoms. The fourth-order valence-corrected chi connectivity index (χ4v) is 4.43. The molecule has 0 aliphatic carbocycles. The van der Waals surface area contributed by atoms with E-state index >= 15 is 0 Å². The SMILES string of the molecule is COc1cccc(CCC(=O)N2CCc3cc(OC)c(OC)cc3C2c2ccccc2)c1. The first-order valence-electron chi connectivity index (χ1n) is 10.9. The lowest BCUT2D eigenvalue weighted by molar-refractivity contribution is -0.133. The normalized spacial score (nSPS) is 15.1. The van der Waals surface area contributed by atoms with Gasteiger partial charge in [-0.3, -0.25) is 4.79 Å². The van der Waals surface area contributed by atoms with Crippen molar-refractivity contribution in [3.05, 3.63) is 89.0 Å². The highest BCUT2D eigenvalue weighted by atomic mass is 16.5. The Kier molecular flexibility index (Phi) is 6.64. The molecule has 0 fully saturated rings. The Morgan fingerprint density at radius 1 is 0.906 bits per heavy atom. The summed E-state index contributed by atoms with van der Waals surface area (Å²) in [4.78, 5) is 15.4. The van der Waals surface area contributed by atoms with Gasteiger partial charge >= 0.3 is 0 Å². The van der Waals surface area contributed by atoms with Crippen molar-refractivity contribution in [3.8, 4) is 17.2 Å². The van der Waals surface area contributed by atoms with E-state index in [9.17, 15) is 4.79 Å². The molecule has 1 amide bonds. The van der Waals surface area contributed by atoms with Crippen LogP contribution < -0.4 is 14.2 Å². The van der Waals surface area contributed by atoms with Crippen molar-refractivity contribution in [2.24, 2.45) is 0 Å². The van der Waals surface area contributed by atoms with Crippen LogP contribution in [0, 0.1) is 0 Å². The number of hydrogen-bond donors (Lipinski definition) is 0. The van der Waals surface area contributed by atoms with Gasteiger partial charge in [0.1, 0.15) is 5.75 Å². The number of ether oxygens (including phenoxy) is 3. The molecule has 166 valence electrons. The van der Waals surface area contributed by atoms with Gasteiger partial charge in [0.05, 0.1) is 27.4 Å². The van der Waals surface area contributed by atoms with Crippen LogP contribution in [0.5, 0.6) is 17.2 Å².